The molecule has 5 heteroatoms. The summed E-state index contributed by atoms with van der Waals surface area (Å²) in [4.78, 5) is 30.3. The number of likely N-dealkylation sites (tertiary alicyclic amines) is 1. The average molecular weight is 366 g/mol. The van der Waals surface area contributed by atoms with Gasteiger partial charge in [-0.05, 0) is 61.3 Å². The van der Waals surface area contributed by atoms with E-state index in [1.165, 1.54) is 0 Å². The number of rotatable bonds is 3. The highest BCUT2D eigenvalue weighted by molar-refractivity contribution is 6.05. The van der Waals surface area contributed by atoms with Crippen molar-refractivity contribution in [1.82, 2.24) is 9.88 Å². The Morgan fingerprint density at radius 1 is 1.07 bits per heavy atom. The molecule has 5 nitrogen and oxygen atoms in total. The third-order valence-electron chi connectivity index (χ3n) is 6.62. The largest absolute Gasteiger partial charge is 0.481 e. The second kappa shape index (κ2) is 7.29. The van der Waals surface area contributed by atoms with Crippen LogP contribution in [0.3, 0.4) is 0 Å². The Kier molecular flexibility index (Phi) is 4.85. The first kappa shape index (κ1) is 18.0. The van der Waals surface area contributed by atoms with E-state index in [1.54, 1.807) is 6.20 Å². The van der Waals surface area contributed by atoms with Crippen molar-refractivity contribution < 1.29 is 14.7 Å². The van der Waals surface area contributed by atoms with Crippen molar-refractivity contribution >= 4 is 22.6 Å². The molecule has 4 rings (SSSR count). The van der Waals surface area contributed by atoms with E-state index in [0.717, 1.165) is 62.4 Å². The van der Waals surface area contributed by atoms with Crippen LogP contribution < -0.4 is 0 Å². The SMILES string of the molecule is O=C(O)CC1CCC2(CC1)CCN(C(=O)c1nccc3ccccc13)CC2. The Morgan fingerprint density at radius 2 is 1.78 bits per heavy atom. The van der Waals surface area contributed by atoms with Crippen LogP contribution in [0.15, 0.2) is 36.5 Å². The molecule has 2 aromatic rings. The molecule has 1 amide bonds. The predicted molar refractivity (Wildman–Crippen MR) is 104 cm³/mol. The lowest BCUT2D eigenvalue weighted by Gasteiger charge is -2.45. The number of fused-ring (bicyclic) bond motifs is 1. The van der Waals surface area contributed by atoms with Gasteiger partial charge in [0.05, 0.1) is 0 Å². The fourth-order valence-corrected chi connectivity index (χ4v) is 4.87. The van der Waals surface area contributed by atoms with E-state index in [2.05, 4.69) is 4.98 Å². The maximum atomic E-state index is 13.1. The van der Waals surface area contributed by atoms with Crippen molar-refractivity contribution in [2.45, 2.75) is 44.9 Å². The number of carbonyl (C=O) groups is 2. The van der Waals surface area contributed by atoms with Gasteiger partial charge in [-0.2, -0.15) is 0 Å². The normalized spacial score (nSPS) is 20.1. The van der Waals surface area contributed by atoms with Gasteiger partial charge in [0.2, 0.25) is 0 Å². The first-order chi connectivity index (χ1) is 13.1. The Labute approximate surface area is 159 Å². The Hall–Kier alpha value is -2.43. The highest BCUT2D eigenvalue weighted by atomic mass is 16.4. The van der Waals surface area contributed by atoms with E-state index in [4.69, 9.17) is 5.11 Å². The number of aromatic nitrogens is 1. The summed E-state index contributed by atoms with van der Waals surface area (Å²) in [5, 5.41) is 11.0. The molecule has 0 atom stereocenters. The molecule has 1 aliphatic heterocycles. The first-order valence-electron chi connectivity index (χ1n) is 9.91. The molecule has 0 unspecified atom stereocenters. The van der Waals surface area contributed by atoms with Crippen molar-refractivity contribution in [3.8, 4) is 0 Å². The second-order valence-electron chi connectivity index (χ2n) is 8.21. The summed E-state index contributed by atoms with van der Waals surface area (Å²) < 4.78 is 0. The van der Waals surface area contributed by atoms with E-state index in [1.807, 2.05) is 35.2 Å². The summed E-state index contributed by atoms with van der Waals surface area (Å²) in [5.41, 5.74) is 0.854. The summed E-state index contributed by atoms with van der Waals surface area (Å²) in [7, 11) is 0. The molecule has 2 heterocycles. The zero-order valence-electron chi connectivity index (χ0n) is 15.6. The van der Waals surface area contributed by atoms with Crippen molar-refractivity contribution in [3.63, 3.8) is 0 Å². The molecule has 2 aliphatic rings. The number of piperidine rings is 1. The molecule has 2 fully saturated rings. The number of carboxylic acids is 1. The predicted octanol–water partition coefficient (Wildman–Crippen LogP) is 4.12. The van der Waals surface area contributed by atoms with Gasteiger partial charge in [-0.25, -0.2) is 0 Å². The van der Waals surface area contributed by atoms with Crippen LogP contribution in [0.5, 0.6) is 0 Å². The topological polar surface area (TPSA) is 70.5 Å². The van der Waals surface area contributed by atoms with E-state index in [-0.39, 0.29) is 5.91 Å². The molecule has 1 aromatic heterocycles. The van der Waals surface area contributed by atoms with Gasteiger partial charge in [0.15, 0.2) is 0 Å². The lowest BCUT2D eigenvalue weighted by molar-refractivity contribution is -0.138. The first-order valence-corrected chi connectivity index (χ1v) is 9.91. The number of carbonyl (C=O) groups excluding carboxylic acids is 1. The van der Waals surface area contributed by atoms with E-state index in [9.17, 15) is 9.59 Å². The van der Waals surface area contributed by atoms with Gasteiger partial charge < -0.3 is 10.0 Å². The highest BCUT2D eigenvalue weighted by Gasteiger charge is 2.39. The van der Waals surface area contributed by atoms with Gasteiger partial charge in [0.25, 0.3) is 5.91 Å². The third kappa shape index (κ3) is 3.68. The van der Waals surface area contributed by atoms with E-state index < -0.39 is 5.97 Å². The number of pyridine rings is 1. The molecule has 1 N–H and O–H groups in total. The molecular weight excluding hydrogens is 340 g/mol. The summed E-state index contributed by atoms with van der Waals surface area (Å²) >= 11 is 0. The number of aliphatic carboxylic acids is 1. The summed E-state index contributed by atoms with van der Waals surface area (Å²) in [6.07, 6.45) is 8.25. The summed E-state index contributed by atoms with van der Waals surface area (Å²) in [5.74, 6) is -0.326. The van der Waals surface area contributed by atoms with E-state index in [0.29, 0.717) is 23.4 Å². The maximum absolute atomic E-state index is 13.1. The molecule has 0 radical (unpaired) electrons. The van der Waals surface area contributed by atoms with E-state index >= 15 is 0 Å². The average Bonchev–Trinajstić information content (AvgIpc) is 2.69. The molecule has 1 saturated carbocycles. The number of hydrogen-bond donors (Lipinski definition) is 1. The number of hydrogen-bond acceptors (Lipinski definition) is 3. The minimum Gasteiger partial charge on any atom is -0.481 e. The zero-order valence-corrected chi connectivity index (χ0v) is 15.6. The van der Waals surface area contributed by atoms with Gasteiger partial charge in [-0.1, -0.05) is 24.3 Å². The minimum absolute atomic E-state index is 0.0289. The molecule has 142 valence electrons. The van der Waals surface area contributed by atoms with Crippen molar-refractivity contribution in [1.29, 1.82) is 0 Å². The number of benzene rings is 1. The fourth-order valence-electron chi connectivity index (χ4n) is 4.87. The molecule has 1 aliphatic carbocycles. The maximum Gasteiger partial charge on any atom is 0.303 e. The summed E-state index contributed by atoms with van der Waals surface area (Å²) in [6, 6.07) is 9.83. The summed E-state index contributed by atoms with van der Waals surface area (Å²) in [6.45, 7) is 1.54. The number of amides is 1. The molecule has 1 saturated heterocycles. The second-order valence-corrected chi connectivity index (χ2v) is 8.21. The fraction of sp³-hybridized carbons (Fsp3) is 0.500. The number of carboxylic acid groups (broad SMARTS) is 1. The van der Waals surface area contributed by atoms with Crippen molar-refractivity contribution in [2.75, 3.05) is 13.1 Å². The minimum atomic E-state index is -0.682. The lowest BCUT2D eigenvalue weighted by atomic mass is 9.65. The van der Waals surface area contributed by atoms with Gasteiger partial charge in [-0.15, -0.1) is 0 Å². The van der Waals surface area contributed by atoms with Gasteiger partial charge >= 0.3 is 5.97 Å². The third-order valence-corrected chi connectivity index (χ3v) is 6.62. The Balaban J connectivity index is 1.41. The van der Waals surface area contributed by atoms with Crippen molar-refractivity contribution in [2.24, 2.45) is 11.3 Å². The van der Waals surface area contributed by atoms with Gasteiger partial charge in [0, 0.05) is 31.1 Å². The molecule has 27 heavy (non-hydrogen) atoms. The van der Waals surface area contributed by atoms with Crippen LogP contribution in [0.2, 0.25) is 0 Å². The van der Waals surface area contributed by atoms with Crippen LogP contribution >= 0.6 is 0 Å². The highest BCUT2D eigenvalue weighted by Crippen LogP contribution is 2.47. The molecule has 1 spiro atoms. The Bertz CT molecular complexity index is 840. The quantitative estimate of drug-likeness (QED) is 0.887. The molecular formula is C22H26N2O3. The van der Waals surface area contributed by atoms with Crippen molar-refractivity contribution in [3.05, 3.63) is 42.2 Å². The van der Waals surface area contributed by atoms with Crippen LogP contribution in [-0.2, 0) is 4.79 Å². The lowest BCUT2D eigenvalue weighted by Crippen LogP contribution is -2.44. The van der Waals surface area contributed by atoms with Crippen LogP contribution in [0.25, 0.3) is 10.8 Å². The molecule has 0 bridgehead atoms. The monoisotopic (exact) mass is 366 g/mol. The molecule has 1 aromatic carbocycles. The van der Waals surface area contributed by atoms with Gasteiger partial charge in [0.1, 0.15) is 5.69 Å². The van der Waals surface area contributed by atoms with Crippen LogP contribution in [0.1, 0.15) is 55.4 Å². The zero-order chi connectivity index (χ0) is 18.9. The van der Waals surface area contributed by atoms with Crippen LogP contribution in [-0.4, -0.2) is 40.0 Å². The smallest absolute Gasteiger partial charge is 0.303 e. The standard InChI is InChI=1S/C22H26N2O3/c25-19(26)15-16-5-8-22(9-6-16)10-13-24(14-11-22)21(27)20-18-4-2-1-3-17(18)7-12-23-20/h1-4,7,12,16H,5-6,8-11,13-15H2,(H,25,26). The Morgan fingerprint density at radius 3 is 2.48 bits per heavy atom. The van der Waals surface area contributed by atoms with Crippen LogP contribution in [0.4, 0.5) is 0 Å². The van der Waals surface area contributed by atoms with Gasteiger partial charge in [-0.3, -0.25) is 14.6 Å². The van der Waals surface area contributed by atoms with Crippen LogP contribution in [0, 0.1) is 11.3 Å². The number of nitrogens with zero attached hydrogens (tertiary/aromatic N) is 2.